The van der Waals surface area contributed by atoms with Crippen LogP contribution in [0.4, 0.5) is 0 Å². The largest absolute Gasteiger partial charge is 0.443 e. The van der Waals surface area contributed by atoms with Gasteiger partial charge in [-0.1, -0.05) is 6.07 Å². The topological polar surface area (TPSA) is 70.5 Å². The molecule has 0 atom stereocenters. The molecule has 0 amide bonds. The van der Waals surface area contributed by atoms with Crippen LogP contribution in [0.3, 0.4) is 0 Å². The Bertz CT molecular complexity index is 529. The van der Waals surface area contributed by atoms with Crippen molar-refractivity contribution in [1.82, 2.24) is 4.98 Å². The van der Waals surface area contributed by atoms with Crippen LogP contribution in [0, 0.1) is 0 Å². The van der Waals surface area contributed by atoms with Crippen LogP contribution in [-0.4, -0.2) is 24.2 Å². The molecule has 1 saturated heterocycles. The molecule has 0 spiro atoms. The Hall–Kier alpha value is -1.43. The van der Waals surface area contributed by atoms with Crippen molar-refractivity contribution >= 4 is 11.1 Å². The predicted molar refractivity (Wildman–Crippen MR) is 61.2 cm³/mol. The quantitative estimate of drug-likeness (QED) is 0.807. The second-order valence-corrected chi connectivity index (χ2v) is 4.36. The Morgan fingerprint density at radius 3 is 2.88 bits per heavy atom. The maximum absolute atomic E-state index is 5.73. The summed E-state index contributed by atoms with van der Waals surface area (Å²) in [6.45, 7) is 2.87. The SMILES string of the molecule is CC1(c2ccc3ncoc3c2)OCC(N)CO1. The number of aromatic nitrogens is 1. The van der Waals surface area contributed by atoms with Crippen LogP contribution in [-0.2, 0) is 15.3 Å². The Morgan fingerprint density at radius 1 is 1.35 bits per heavy atom. The predicted octanol–water partition coefficient (Wildman–Crippen LogP) is 1.37. The zero-order valence-corrected chi connectivity index (χ0v) is 9.55. The van der Waals surface area contributed by atoms with Gasteiger partial charge in [-0.05, 0) is 19.1 Å². The van der Waals surface area contributed by atoms with Crippen molar-refractivity contribution in [3.8, 4) is 0 Å². The van der Waals surface area contributed by atoms with E-state index in [1.165, 1.54) is 6.39 Å². The van der Waals surface area contributed by atoms with Crippen molar-refractivity contribution in [2.24, 2.45) is 5.73 Å². The first-order valence-electron chi connectivity index (χ1n) is 5.55. The molecule has 1 aromatic heterocycles. The molecule has 1 fully saturated rings. The number of nitrogens with two attached hydrogens (primary N) is 1. The van der Waals surface area contributed by atoms with Crippen molar-refractivity contribution in [1.29, 1.82) is 0 Å². The summed E-state index contributed by atoms with van der Waals surface area (Å²) in [5.74, 6) is -0.753. The lowest BCUT2D eigenvalue weighted by Gasteiger charge is -2.36. The molecule has 17 heavy (non-hydrogen) atoms. The second-order valence-electron chi connectivity index (χ2n) is 4.36. The van der Waals surface area contributed by atoms with E-state index in [4.69, 9.17) is 19.6 Å². The molecule has 0 aliphatic carbocycles. The molecule has 1 aliphatic heterocycles. The van der Waals surface area contributed by atoms with Crippen LogP contribution in [0.25, 0.3) is 11.1 Å². The van der Waals surface area contributed by atoms with Crippen LogP contribution < -0.4 is 5.73 Å². The van der Waals surface area contributed by atoms with Gasteiger partial charge in [-0.15, -0.1) is 0 Å². The maximum atomic E-state index is 5.73. The molecule has 5 nitrogen and oxygen atoms in total. The van der Waals surface area contributed by atoms with E-state index in [1.807, 2.05) is 25.1 Å². The molecule has 2 heterocycles. The van der Waals surface area contributed by atoms with Gasteiger partial charge in [0.2, 0.25) is 0 Å². The van der Waals surface area contributed by atoms with E-state index in [0.29, 0.717) is 13.2 Å². The smallest absolute Gasteiger partial charge is 0.192 e. The van der Waals surface area contributed by atoms with E-state index in [-0.39, 0.29) is 6.04 Å². The number of ether oxygens (including phenoxy) is 2. The molecule has 3 rings (SSSR count). The zero-order chi connectivity index (χ0) is 11.9. The average molecular weight is 234 g/mol. The number of oxazole rings is 1. The summed E-state index contributed by atoms with van der Waals surface area (Å²) in [7, 11) is 0. The third-order valence-electron chi connectivity index (χ3n) is 3.00. The fourth-order valence-electron chi connectivity index (χ4n) is 1.93. The van der Waals surface area contributed by atoms with Crippen molar-refractivity contribution in [3.63, 3.8) is 0 Å². The van der Waals surface area contributed by atoms with Crippen molar-refractivity contribution < 1.29 is 13.9 Å². The summed E-state index contributed by atoms with van der Waals surface area (Å²) in [6, 6.07) is 5.65. The van der Waals surface area contributed by atoms with Crippen LogP contribution >= 0.6 is 0 Å². The normalized spacial score (nSPS) is 29.6. The highest BCUT2D eigenvalue weighted by Gasteiger charge is 2.34. The van der Waals surface area contributed by atoms with Crippen molar-refractivity contribution in [2.45, 2.75) is 18.8 Å². The van der Waals surface area contributed by atoms with E-state index in [0.717, 1.165) is 16.7 Å². The van der Waals surface area contributed by atoms with Crippen LogP contribution in [0.5, 0.6) is 0 Å². The van der Waals surface area contributed by atoms with Crippen molar-refractivity contribution in [2.75, 3.05) is 13.2 Å². The van der Waals surface area contributed by atoms with E-state index >= 15 is 0 Å². The monoisotopic (exact) mass is 234 g/mol. The van der Waals surface area contributed by atoms with E-state index < -0.39 is 5.79 Å². The third kappa shape index (κ3) is 1.82. The van der Waals surface area contributed by atoms with Crippen LogP contribution in [0.2, 0.25) is 0 Å². The minimum Gasteiger partial charge on any atom is -0.443 e. The summed E-state index contributed by atoms with van der Waals surface area (Å²) in [6.07, 6.45) is 1.43. The number of hydrogen-bond donors (Lipinski definition) is 1. The van der Waals surface area contributed by atoms with Gasteiger partial charge in [0, 0.05) is 5.56 Å². The molecule has 1 aliphatic rings. The number of fused-ring (bicyclic) bond motifs is 1. The molecule has 0 radical (unpaired) electrons. The molecule has 0 bridgehead atoms. The van der Waals surface area contributed by atoms with Gasteiger partial charge >= 0.3 is 0 Å². The summed E-state index contributed by atoms with van der Waals surface area (Å²) in [5, 5.41) is 0. The third-order valence-corrected chi connectivity index (χ3v) is 3.00. The fourth-order valence-corrected chi connectivity index (χ4v) is 1.93. The fraction of sp³-hybridized carbons (Fsp3) is 0.417. The van der Waals surface area contributed by atoms with Gasteiger partial charge in [-0.3, -0.25) is 0 Å². The maximum Gasteiger partial charge on any atom is 0.192 e. The van der Waals surface area contributed by atoms with Gasteiger partial charge in [0.1, 0.15) is 5.52 Å². The number of nitrogens with zero attached hydrogens (tertiary/aromatic N) is 1. The van der Waals surface area contributed by atoms with E-state index in [1.54, 1.807) is 0 Å². The van der Waals surface area contributed by atoms with Crippen molar-refractivity contribution in [3.05, 3.63) is 30.2 Å². The zero-order valence-electron chi connectivity index (χ0n) is 9.55. The lowest BCUT2D eigenvalue weighted by atomic mass is 10.1. The van der Waals surface area contributed by atoms with E-state index in [2.05, 4.69) is 4.98 Å². The molecular weight excluding hydrogens is 220 g/mol. The van der Waals surface area contributed by atoms with Crippen LogP contribution in [0.1, 0.15) is 12.5 Å². The highest BCUT2D eigenvalue weighted by atomic mass is 16.7. The van der Waals surface area contributed by atoms with Gasteiger partial charge in [0.15, 0.2) is 17.8 Å². The molecular formula is C12H14N2O3. The molecule has 5 heteroatoms. The summed E-state index contributed by atoms with van der Waals surface area (Å²) in [4.78, 5) is 4.07. The van der Waals surface area contributed by atoms with Gasteiger partial charge in [0.25, 0.3) is 0 Å². The molecule has 2 N–H and O–H groups in total. The van der Waals surface area contributed by atoms with Gasteiger partial charge in [-0.2, -0.15) is 0 Å². The number of rotatable bonds is 1. The lowest BCUT2D eigenvalue weighted by Crippen LogP contribution is -2.46. The lowest BCUT2D eigenvalue weighted by molar-refractivity contribution is -0.270. The highest BCUT2D eigenvalue weighted by molar-refractivity contribution is 5.73. The molecule has 90 valence electrons. The first-order valence-corrected chi connectivity index (χ1v) is 5.55. The average Bonchev–Trinajstić information content (AvgIpc) is 2.80. The molecule has 2 aromatic rings. The molecule has 0 unspecified atom stereocenters. The van der Waals surface area contributed by atoms with Gasteiger partial charge in [-0.25, -0.2) is 4.98 Å². The summed E-state index contributed by atoms with van der Waals surface area (Å²) < 4.78 is 16.6. The minimum atomic E-state index is -0.753. The van der Waals surface area contributed by atoms with Gasteiger partial charge < -0.3 is 19.6 Å². The summed E-state index contributed by atoms with van der Waals surface area (Å²) in [5.41, 5.74) is 8.19. The summed E-state index contributed by atoms with van der Waals surface area (Å²) >= 11 is 0. The first kappa shape index (κ1) is 10.7. The standard InChI is InChI=1S/C12H14N2O3/c1-12(16-5-9(13)6-17-12)8-2-3-10-11(4-8)15-7-14-10/h2-4,7,9H,5-6,13H2,1H3. The number of hydrogen-bond acceptors (Lipinski definition) is 5. The number of benzene rings is 1. The molecule has 0 saturated carbocycles. The Balaban J connectivity index is 1.96. The Morgan fingerprint density at radius 2 is 2.12 bits per heavy atom. The van der Waals surface area contributed by atoms with E-state index in [9.17, 15) is 0 Å². The minimum absolute atomic E-state index is 0.0583. The highest BCUT2D eigenvalue weighted by Crippen LogP contribution is 2.31. The Labute approximate surface area is 98.5 Å². The van der Waals surface area contributed by atoms with Crippen LogP contribution in [0.15, 0.2) is 29.0 Å². The first-order chi connectivity index (χ1) is 8.17. The van der Waals surface area contributed by atoms with Gasteiger partial charge in [0.05, 0.1) is 19.3 Å². The Kier molecular flexibility index (Phi) is 2.39. The second kappa shape index (κ2) is 3.80. The molecule has 1 aromatic carbocycles.